The zero-order chi connectivity index (χ0) is 12.8. The molecule has 0 bridgehead atoms. The van der Waals surface area contributed by atoms with Crippen LogP contribution >= 0.6 is 0 Å². The van der Waals surface area contributed by atoms with Gasteiger partial charge in [0.2, 0.25) is 0 Å². The Morgan fingerprint density at radius 1 is 1.22 bits per heavy atom. The molecule has 0 aromatic heterocycles. The van der Waals surface area contributed by atoms with Crippen molar-refractivity contribution >= 4 is 9.84 Å². The summed E-state index contributed by atoms with van der Waals surface area (Å²) in [6.07, 6.45) is 0. The molecule has 2 aliphatic heterocycles. The second-order valence-corrected chi connectivity index (χ2v) is 7.64. The van der Waals surface area contributed by atoms with Gasteiger partial charge in [0.1, 0.15) is 0 Å². The van der Waals surface area contributed by atoms with E-state index < -0.39 is 9.84 Å². The zero-order valence-electron chi connectivity index (χ0n) is 10.2. The highest BCUT2D eigenvalue weighted by Crippen LogP contribution is 2.33. The van der Waals surface area contributed by atoms with E-state index in [0.717, 1.165) is 13.1 Å². The van der Waals surface area contributed by atoms with Crippen LogP contribution in [0.15, 0.2) is 30.3 Å². The van der Waals surface area contributed by atoms with Gasteiger partial charge in [-0.15, -0.1) is 0 Å². The Hall–Kier alpha value is -0.910. The Labute approximate surface area is 108 Å². The number of hydrogen-bond donors (Lipinski definition) is 1. The molecule has 0 saturated carbocycles. The molecule has 98 valence electrons. The summed E-state index contributed by atoms with van der Waals surface area (Å²) in [6, 6.07) is 9.97. The van der Waals surface area contributed by atoms with Gasteiger partial charge < -0.3 is 5.73 Å². The van der Waals surface area contributed by atoms with Crippen molar-refractivity contribution in [1.82, 2.24) is 4.90 Å². The van der Waals surface area contributed by atoms with E-state index >= 15 is 0 Å². The predicted octanol–water partition coefficient (Wildman–Crippen LogP) is 0.243. The molecule has 1 aromatic carbocycles. The number of rotatable bonds is 2. The Balaban J connectivity index is 1.73. The number of hydrogen-bond acceptors (Lipinski definition) is 4. The maximum Gasteiger partial charge on any atom is 0.156 e. The molecule has 0 radical (unpaired) electrons. The third-order valence-corrected chi connectivity index (χ3v) is 6.34. The van der Waals surface area contributed by atoms with Crippen LogP contribution in [-0.2, 0) is 16.4 Å². The topological polar surface area (TPSA) is 63.4 Å². The highest BCUT2D eigenvalue weighted by Gasteiger charge is 2.50. The van der Waals surface area contributed by atoms with Gasteiger partial charge in [-0.1, -0.05) is 30.3 Å². The van der Waals surface area contributed by atoms with E-state index in [1.165, 1.54) is 5.56 Å². The quantitative estimate of drug-likeness (QED) is 0.833. The molecule has 3 rings (SSSR count). The Morgan fingerprint density at radius 2 is 1.94 bits per heavy atom. The molecule has 4 nitrogen and oxygen atoms in total. The molecular formula is C13H18N2O2S. The average Bonchev–Trinajstić information content (AvgIpc) is 2.82. The molecule has 2 fully saturated rings. The minimum atomic E-state index is -2.96. The monoisotopic (exact) mass is 266 g/mol. The first kappa shape index (κ1) is 12.1. The van der Waals surface area contributed by atoms with Crippen LogP contribution < -0.4 is 5.73 Å². The highest BCUT2D eigenvalue weighted by molar-refractivity contribution is 7.92. The van der Waals surface area contributed by atoms with Gasteiger partial charge in [-0.2, -0.15) is 0 Å². The van der Waals surface area contributed by atoms with Crippen molar-refractivity contribution in [2.75, 3.05) is 18.8 Å². The van der Waals surface area contributed by atoms with Crippen LogP contribution in [-0.4, -0.2) is 43.5 Å². The lowest BCUT2D eigenvalue weighted by atomic mass is 10.0. The van der Waals surface area contributed by atoms with Crippen molar-refractivity contribution in [2.45, 2.75) is 17.8 Å². The molecule has 3 atom stereocenters. The van der Waals surface area contributed by atoms with E-state index in [0.29, 0.717) is 6.54 Å². The van der Waals surface area contributed by atoms with Gasteiger partial charge in [0.05, 0.1) is 11.0 Å². The molecule has 3 unspecified atom stereocenters. The van der Waals surface area contributed by atoms with Crippen LogP contribution in [0.2, 0.25) is 0 Å². The average molecular weight is 266 g/mol. The van der Waals surface area contributed by atoms with Gasteiger partial charge in [0.15, 0.2) is 9.84 Å². The number of likely N-dealkylation sites (tertiary alicyclic amines) is 1. The Morgan fingerprint density at radius 3 is 2.61 bits per heavy atom. The van der Waals surface area contributed by atoms with Gasteiger partial charge in [0, 0.05) is 31.6 Å². The fourth-order valence-corrected chi connectivity index (χ4v) is 5.45. The lowest BCUT2D eigenvalue weighted by Crippen LogP contribution is -2.33. The largest absolute Gasteiger partial charge is 0.326 e. The Kier molecular flexibility index (Phi) is 2.92. The lowest BCUT2D eigenvalue weighted by Gasteiger charge is -2.17. The van der Waals surface area contributed by atoms with Crippen molar-refractivity contribution in [3.63, 3.8) is 0 Å². The number of benzene rings is 1. The van der Waals surface area contributed by atoms with E-state index in [4.69, 9.17) is 5.73 Å². The fourth-order valence-electron chi connectivity index (χ4n) is 3.16. The summed E-state index contributed by atoms with van der Waals surface area (Å²) < 4.78 is 23.9. The minimum Gasteiger partial charge on any atom is -0.326 e. The van der Waals surface area contributed by atoms with Crippen molar-refractivity contribution in [1.29, 1.82) is 0 Å². The molecule has 0 amide bonds. The van der Waals surface area contributed by atoms with Crippen molar-refractivity contribution in [2.24, 2.45) is 11.7 Å². The lowest BCUT2D eigenvalue weighted by molar-refractivity contribution is 0.308. The van der Waals surface area contributed by atoms with Crippen LogP contribution in [0.1, 0.15) is 5.56 Å². The van der Waals surface area contributed by atoms with Crippen LogP contribution in [0.3, 0.4) is 0 Å². The number of nitrogens with two attached hydrogens (primary N) is 1. The first-order valence-corrected chi connectivity index (χ1v) is 8.01. The third kappa shape index (κ3) is 2.06. The van der Waals surface area contributed by atoms with Gasteiger partial charge in [-0.05, 0) is 5.56 Å². The molecular weight excluding hydrogens is 248 g/mol. The maximum absolute atomic E-state index is 11.9. The normalized spacial score (nSPS) is 34.6. The molecule has 1 aromatic rings. The van der Waals surface area contributed by atoms with Crippen LogP contribution in [0.4, 0.5) is 0 Å². The molecule has 2 N–H and O–H groups in total. The third-order valence-electron chi connectivity index (χ3n) is 4.07. The summed E-state index contributed by atoms with van der Waals surface area (Å²) in [5, 5.41) is -0.240. The van der Waals surface area contributed by atoms with Crippen molar-refractivity contribution < 1.29 is 8.42 Å². The maximum atomic E-state index is 11.9. The first-order valence-electron chi connectivity index (χ1n) is 6.30. The van der Waals surface area contributed by atoms with Crippen LogP contribution in [0.25, 0.3) is 0 Å². The van der Waals surface area contributed by atoms with E-state index in [-0.39, 0.29) is 23.0 Å². The van der Waals surface area contributed by atoms with E-state index in [9.17, 15) is 8.42 Å². The van der Waals surface area contributed by atoms with E-state index in [2.05, 4.69) is 17.0 Å². The van der Waals surface area contributed by atoms with Gasteiger partial charge in [-0.25, -0.2) is 8.42 Å². The van der Waals surface area contributed by atoms with Gasteiger partial charge in [0.25, 0.3) is 0 Å². The molecule has 0 spiro atoms. The van der Waals surface area contributed by atoms with Crippen molar-refractivity contribution in [3.05, 3.63) is 35.9 Å². The molecule has 2 saturated heterocycles. The predicted molar refractivity (Wildman–Crippen MR) is 70.8 cm³/mol. The SMILES string of the molecule is NC1CS(=O)(=O)C2CN(Cc3ccccc3)CC12. The van der Waals surface area contributed by atoms with E-state index in [1.807, 2.05) is 18.2 Å². The van der Waals surface area contributed by atoms with Crippen LogP contribution in [0.5, 0.6) is 0 Å². The summed E-state index contributed by atoms with van der Waals surface area (Å²) in [6.45, 7) is 2.26. The summed E-state index contributed by atoms with van der Waals surface area (Å²) in [5.41, 5.74) is 7.17. The summed E-state index contributed by atoms with van der Waals surface area (Å²) in [4.78, 5) is 2.21. The Bertz CT molecular complexity index is 529. The fraction of sp³-hybridized carbons (Fsp3) is 0.538. The molecule has 2 heterocycles. The molecule has 0 aliphatic carbocycles. The standard InChI is InChI=1S/C13H18N2O2S/c14-12-9-18(16,17)13-8-15(7-11(12)13)6-10-4-2-1-3-5-10/h1-5,11-13H,6-9,14H2. The van der Waals surface area contributed by atoms with E-state index in [1.54, 1.807) is 0 Å². The molecule has 5 heteroatoms. The smallest absolute Gasteiger partial charge is 0.156 e. The second kappa shape index (κ2) is 4.33. The van der Waals surface area contributed by atoms with Crippen molar-refractivity contribution in [3.8, 4) is 0 Å². The molecule has 18 heavy (non-hydrogen) atoms. The van der Waals surface area contributed by atoms with Gasteiger partial charge >= 0.3 is 0 Å². The summed E-state index contributed by atoms with van der Waals surface area (Å²) >= 11 is 0. The number of sulfone groups is 1. The summed E-state index contributed by atoms with van der Waals surface area (Å²) in [5.74, 6) is 0.292. The first-order chi connectivity index (χ1) is 8.56. The minimum absolute atomic E-state index is 0.124. The van der Waals surface area contributed by atoms with Crippen LogP contribution in [0, 0.1) is 5.92 Å². The number of fused-ring (bicyclic) bond motifs is 1. The number of nitrogens with zero attached hydrogens (tertiary/aromatic N) is 1. The zero-order valence-corrected chi connectivity index (χ0v) is 11.0. The molecule has 2 aliphatic rings. The summed E-state index contributed by atoms with van der Waals surface area (Å²) in [7, 11) is -2.96. The second-order valence-electron chi connectivity index (χ2n) is 5.38. The highest BCUT2D eigenvalue weighted by atomic mass is 32.2. The van der Waals surface area contributed by atoms with Gasteiger partial charge in [-0.3, -0.25) is 4.90 Å².